The van der Waals surface area contributed by atoms with E-state index in [1.165, 1.54) is 11.3 Å². The summed E-state index contributed by atoms with van der Waals surface area (Å²) < 4.78 is 0. The number of anilines is 1. The van der Waals surface area contributed by atoms with Crippen molar-refractivity contribution < 1.29 is 14.7 Å². The van der Waals surface area contributed by atoms with E-state index in [0.29, 0.717) is 33.7 Å². The van der Waals surface area contributed by atoms with Gasteiger partial charge >= 0.3 is 5.97 Å². The number of amides is 1. The molecular formula is C17H16Cl2N2O3S. The van der Waals surface area contributed by atoms with E-state index in [0.717, 1.165) is 18.4 Å². The van der Waals surface area contributed by atoms with Gasteiger partial charge in [0.05, 0.1) is 22.6 Å². The molecule has 3 rings (SSSR count). The minimum Gasteiger partial charge on any atom is -0.481 e. The predicted octanol–water partition coefficient (Wildman–Crippen LogP) is 4.95. The maximum absolute atomic E-state index is 12.5. The molecule has 2 atom stereocenters. The smallest absolute Gasteiger partial charge is 0.307 e. The monoisotopic (exact) mass is 398 g/mol. The number of carboxylic acid groups (broad SMARTS) is 1. The minimum atomic E-state index is -0.910. The number of nitrogens with one attached hydrogen (secondary N) is 1. The van der Waals surface area contributed by atoms with Crippen molar-refractivity contribution in [1.82, 2.24) is 4.98 Å². The molecule has 5 nitrogen and oxygen atoms in total. The lowest BCUT2D eigenvalue weighted by Crippen LogP contribution is -2.36. The highest BCUT2D eigenvalue weighted by molar-refractivity contribution is 7.14. The molecule has 2 N–H and O–H groups in total. The number of aromatic nitrogens is 1. The third-order valence-corrected chi connectivity index (χ3v) is 5.67. The Labute approximate surface area is 159 Å². The van der Waals surface area contributed by atoms with Gasteiger partial charge in [0.15, 0.2) is 5.13 Å². The molecule has 0 spiro atoms. The first-order chi connectivity index (χ1) is 12.0. The Morgan fingerprint density at radius 2 is 1.92 bits per heavy atom. The van der Waals surface area contributed by atoms with Crippen LogP contribution in [0.5, 0.6) is 0 Å². The van der Waals surface area contributed by atoms with Crippen LogP contribution in [0.2, 0.25) is 10.0 Å². The Kier molecular flexibility index (Phi) is 5.61. The van der Waals surface area contributed by atoms with Crippen molar-refractivity contribution in [2.24, 2.45) is 11.8 Å². The van der Waals surface area contributed by atoms with Crippen molar-refractivity contribution in [2.45, 2.75) is 25.7 Å². The molecule has 1 aliphatic rings. The predicted molar refractivity (Wildman–Crippen MR) is 99.3 cm³/mol. The average Bonchev–Trinajstić information content (AvgIpc) is 3.02. The van der Waals surface area contributed by atoms with Crippen molar-refractivity contribution in [3.8, 4) is 11.3 Å². The first kappa shape index (κ1) is 18.2. The van der Waals surface area contributed by atoms with Crippen LogP contribution in [0.4, 0.5) is 5.13 Å². The average molecular weight is 399 g/mol. The van der Waals surface area contributed by atoms with Crippen LogP contribution in [0.25, 0.3) is 11.3 Å². The van der Waals surface area contributed by atoms with Gasteiger partial charge in [-0.3, -0.25) is 9.59 Å². The summed E-state index contributed by atoms with van der Waals surface area (Å²) >= 11 is 13.4. The minimum absolute atomic E-state index is 0.282. The number of thiazole rings is 1. The van der Waals surface area contributed by atoms with Gasteiger partial charge < -0.3 is 10.4 Å². The van der Waals surface area contributed by atoms with Gasteiger partial charge in [-0.25, -0.2) is 4.98 Å². The maximum Gasteiger partial charge on any atom is 0.307 e. The SMILES string of the molecule is O=C(O)[C@H]1CCCC[C@H]1C(=O)Nc1nc(-c2ccc(Cl)cc2Cl)cs1. The van der Waals surface area contributed by atoms with Crippen LogP contribution in [0.1, 0.15) is 25.7 Å². The van der Waals surface area contributed by atoms with Gasteiger partial charge in [0.1, 0.15) is 0 Å². The fraction of sp³-hybridized carbons (Fsp3) is 0.353. The Morgan fingerprint density at radius 1 is 1.20 bits per heavy atom. The van der Waals surface area contributed by atoms with E-state index in [2.05, 4.69) is 10.3 Å². The third kappa shape index (κ3) is 4.14. The molecular weight excluding hydrogens is 383 g/mol. The molecule has 1 fully saturated rings. The summed E-state index contributed by atoms with van der Waals surface area (Å²) in [5.74, 6) is -2.33. The molecule has 0 aliphatic heterocycles. The number of aliphatic carboxylic acids is 1. The van der Waals surface area contributed by atoms with Crippen LogP contribution in [0.15, 0.2) is 23.6 Å². The van der Waals surface area contributed by atoms with Crippen LogP contribution in [0, 0.1) is 11.8 Å². The van der Waals surface area contributed by atoms with E-state index in [1.54, 1.807) is 23.6 Å². The largest absolute Gasteiger partial charge is 0.481 e. The second kappa shape index (κ2) is 7.72. The zero-order valence-corrected chi connectivity index (χ0v) is 15.5. The molecule has 0 saturated heterocycles. The molecule has 0 unspecified atom stereocenters. The standard InChI is InChI=1S/C17H16Cl2N2O3S/c18-9-5-6-12(13(19)7-9)14-8-25-17(20-14)21-15(22)10-3-1-2-4-11(10)16(23)24/h5-8,10-11H,1-4H2,(H,23,24)(H,20,21,22)/t10-,11+/m1/s1. The molecule has 1 aliphatic carbocycles. The number of nitrogens with zero attached hydrogens (tertiary/aromatic N) is 1. The lowest BCUT2D eigenvalue weighted by molar-refractivity contribution is -0.147. The highest BCUT2D eigenvalue weighted by Gasteiger charge is 2.36. The number of carboxylic acids is 1. The summed E-state index contributed by atoms with van der Waals surface area (Å²) in [5, 5.41) is 15.3. The van der Waals surface area contributed by atoms with Crippen LogP contribution in [-0.2, 0) is 9.59 Å². The lowest BCUT2D eigenvalue weighted by Gasteiger charge is -2.26. The summed E-state index contributed by atoms with van der Waals surface area (Å²) in [5.41, 5.74) is 1.37. The zero-order valence-electron chi connectivity index (χ0n) is 13.2. The van der Waals surface area contributed by atoms with Crippen LogP contribution < -0.4 is 5.32 Å². The quantitative estimate of drug-likeness (QED) is 0.763. The number of halogens is 2. The van der Waals surface area contributed by atoms with Gasteiger partial charge in [0.2, 0.25) is 5.91 Å². The van der Waals surface area contributed by atoms with Crippen LogP contribution in [-0.4, -0.2) is 22.0 Å². The molecule has 132 valence electrons. The van der Waals surface area contributed by atoms with Crippen molar-refractivity contribution >= 4 is 51.5 Å². The fourth-order valence-electron chi connectivity index (χ4n) is 3.09. The van der Waals surface area contributed by atoms with Crippen LogP contribution in [0.3, 0.4) is 0 Å². The van der Waals surface area contributed by atoms with E-state index < -0.39 is 17.8 Å². The van der Waals surface area contributed by atoms with E-state index >= 15 is 0 Å². The Hall–Kier alpha value is -1.63. The number of carbonyl (C=O) groups excluding carboxylic acids is 1. The van der Waals surface area contributed by atoms with E-state index in [1.807, 2.05) is 0 Å². The molecule has 1 saturated carbocycles. The summed E-state index contributed by atoms with van der Waals surface area (Å²) in [6.07, 6.45) is 2.84. The van der Waals surface area contributed by atoms with Gasteiger partial charge in [-0.15, -0.1) is 11.3 Å². The van der Waals surface area contributed by atoms with Crippen molar-refractivity contribution in [3.63, 3.8) is 0 Å². The number of rotatable bonds is 4. The molecule has 1 amide bonds. The molecule has 8 heteroatoms. The van der Waals surface area contributed by atoms with Gasteiger partial charge in [0.25, 0.3) is 0 Å². The molecule has 2 aromatic rings. The Bertz CT molecular complexity index is 809. The summed E-state index contributed by atoms with van der Waals surface area (Å²) in [6, 6.07) is 5.13. The third-order valence-electron chi connectivity index (χ3n) is 4.36. The van der Waals surface area contributed by atoms with Gasteiger partial charge in [-0.05, 0) is 31.0 Å². The second-order valence-corrected chi connectivity index (χ2v) is 7.69. The van der Waals surface area contributed by atoms with E-state index in [4.69, 9.17) is 23.2 Å². The molecule has 1 aromatic carbocycles. The summed E-state index contributed by atoms with van der Waals surface area (Å²) in [7, 11) is 0. The first-order valence-electron chi connectivity index (χ1n) is 7.90. The number of hydrogen-bond acceptors (Lipinski definition) is 4. The van der Waals surface area contributed by atoms with E-state index in [9.17, 15) is 14.7 Å². The number of carbonyl (C=O) groups is 2. The highest BCUT2D eigenvalue weighted by atomic mass is 35.5. The molecule has 0 bridgehead atoms. The molecule has 1 aromatic heterocycles. The van der Waals surface area contributed by atoms with Crippen molar-refractivity contribution in [2.75, 3.05) is 5.32 Å². The first-order valence-corrected chi connectivity index (χ1v) is 9.54. The van der Waals surface area contributed by atoms with Crippen LogP contribution >= 0.6 is 34.5 Å². The maximum atomic E-state index is 12.5. The topological polar surface area (TPSA) is 79.3 Å². The molecule has 25 heavy (non-hydrogen) atoms. The Balaban J connectivity index is 1.74. The van der Waals surface area contributed by atoms with Crippen molar-refractivity contribution in [1.29, 1.82) is 0 Å². The second-order valence-electron chi connectivity index (χ2n) is 5.99. The highest BCUT2D eigenvalue weighted by Crippen LogP contribution is 2.34. The summed E-state index contributed by atoms with van der Waals surface area (Å²) in [4.78, 5) is 28.2. The fourth-order valence-corrected chi connectivity index (χ4v) is 4.31. The van der Waals surface area contributed by atoms with Gasteiger partial charge in [-0.1, -0.05) is 36.0 Å². The van der Waals surface area contributed by atoms with Crippen molar-refractivity contribution in [3.05, 3.63) is 33.6 Å². The number of hydrogen-bond donors (Lipinski definition) is 2. The normalized spacial score (nSPS) is 20.2. The Morgan fingerprint density at radius 3 is 2.60 bits per heavy atom. The zero-order chi connectivity index (χ0) is 18.0. The lowest BCUT2D eigenvalue weighted by atomic mass is 9.79. The van der Waals surface area contributed by atoms with Gasteiger partial charge in [0, 0.05) is 16.0 Å². The molecule has 0 radical (unpaired) electrons. The van der Waals surface area contributed by atoms with E-state index in [-0.39, 0.29) is 5.91 Å². The summed E-state index contributed by atoms with van der Waals surface area (Å²) in [6.45, 7) is 0. The number of benzene rings is 1. The molecule has 1 heterocycles. The van der Waals surface area contributed by atoms with Gasteiger partial charge in [-0.2, -0.15) is 0 Å².